The molecule has 184 valence electrons. The van der Waals surface area contributed by atoms with Crippen LogP contribution in [0.1, 0.15) is 37.1 Å². The molecule has 0 radical (unpaired) electrons. The third kappa shape index (κ3) is 6.87. The monoisotopic (exact) mass is 488 g/mol. The number of aromatic nitrogens is 1. The van der Waals surface area contributed by atoms with E-state index in [0.717, 1.165) is 63.4 Å². The van der Waals surface area contributed by atoms with E-state index >= 15 is 0 Å². The Morgan fingerprint density at radius 3 is 2.65 bits per heavy atom. The molecule has 0 atom stereocenters. The molecule has 1 aromatic carbocycles. The van der Waals surface area contributed by atoms with Gasteiger partial charge in [0.2, 0.25) is 5.91 Å². The highest BCUT2D eigenvalue weighted by Gasteiger charge is 2.21. The standard InChI is InChI=1S/C23H32N6O4S/c1-18-14-20(26-33-18)16-28-10-12-29(13-11-28)17-23(30)25-19-6-5-7-21(15-19)34(31,32)27-22-8-3-2-4-9-24-22/h5-7,14-15H,2-4,8-13,16-17H2,1H3,(H,24,27)(H,25,30). The normalized spacial score (nSPS) is 18.2. The maximum Gasteiger partial charge on any atom is 0.262 e. The second-order valence-corrected chi connectivity index (χ2v) is 10.5. The SMILES string of the molecule is Cc1cc(CN2CCN(CC(=O)Nc3cccc(S(=O)(=O)NC4=NCCCCC4)c3)CC2)no1. The molecule has 3 heterocycles. The van der Waals surface area contributed by atoms with E-state index in [1.165, 1.54) is 12.1 Å². The largest absolute Gasteiger partial charge is 0.361 e. The average Bonchev–Trinajstić information content (AvgIpc) is 3.04. The Morgan fingerprint density at radius 2 is 1.88 bits per heavy atom. The summed E-state index contributed by atoms with van der Waals surface area (Å²) in [5.41, 5.74) is 1.37. The maximum atomic E-state index is 12.8. The number of aryl methyl sites for hydroxylation is 1. The third-order valence-electron chi connectivity index (χ3n) is 5.95. The molecule has 34 heavy (non-hydrogen) atoms. The lowest BCUT2D eigenvalue weighted by molar-refractivity contribution is -0.117. The number of carbonyl (C=O) groups is 1. The van der Waals surface area contributed by atoms with Gasteiger partial charge in [0, 0.05) is 57.4 Å². The van der Waals surface area contributed by atoms with E-state index in [4.69, 9.17) is 4.52 Å². The molecule has 2 aromatic rings. The van der Waals surface area contributed by atoms with Crippen molar-refractivity contribution in [3.05, 3.63) is 41.8 Å². The van der Waals surface area contributed by atoms with E-state index in [0.29, 0.717) is 24.5 Å². The van der Waals surface area contributed by atoms with Gasteiger partial charge in [0.05, 0.1) is 17.1 Å². The third-order valence-corrected chi connectivity index (χ3v) is 7.33. The Bertz CT molecular complexity index is 1120. The van der Waals surface area contributed by atoms with Gasteiger partial charge >= 0.3 is 0 Å². The summed E-state index contributed by atoms with van der Waals surface area (Å²) in [6.07, 6.45) is 3.57. The second kappa shape index (κ2) is 11.1. The molecule has 0 unspecified atom stereocenters. The Morgan fingerprint density at radius 1 is 1.09 bits per heavy atom. The van der Waals surface area contributed by atoms with Crippen molar-refractivity contribution in [3.63, 3.8) is 0 Å². The number of nitrogens with zero attached hydrogens (tertiary/aromatic N) is 4. The fourth-order valence-corrected chi connectivity index (χ4v) is 5.28. The first-order valence-corrected chi connectivity index (χ1v) is 13.2. The van der Waals surface area contributed by atoms with Crippen molar-refractivity contribution in [2.45, 2.75) is 44.0 Å². The van der Waals surface area contributed by atoms with Gasteiger partial charge in [-0.25, -0.2) is 8.42 Å². The van der Waals surface area contributed by atoms with Gasteiger partial charge < -0.3 is 9.84 Å². The van der Waals surface area contributed by atoms with Crippen molar-refractivity contribution in [1.82, 2.24) is 19.7 Å². The minimum absolute atomic E-state index is 0.106. The number of carbonyl (C=O) groups excluding carboxylic acids is 1. The molecule has 10 nitrogen and oxygen atoms in total. The molecule has 2 aliphatic heterocycles. The summed E-state index contributed by atoms with van der Waals surface area (Å²) in [7, 11) is -3.75. The van der Waals surface area contributed by atoms with Gasteiger partial charge in [-0.3, -0.25) is 24.3 Å². The number of rotatable bonds is 7. The molecule has 11 heteroatoms. The van der Waals surface area contributed by atoms with Gasteiger partial charge in [-0.15, -0.1) is 0 Å². The van der Waals surface area contributed by atoms with Crippen LogP contribution in [0.3, 0.4) is 0 Å². The zero-order valence-electron chi connectivity index (χ0n) is 19.5. The molecular formula is C23H32N6O4S. The highest BCUT2D eigenvalue weighted by atomic mass is 32.2. The first-order valence-electron chi connectivity index (χ1n) is 11.7. The number of sulfonamides is 1. The number of hydrogen-bond donors (Lipinski definition) is 2. The number of benzene rings is 1. The minimum atomic E-state index is -3.75. The first-order chi connectivity index (χ1) is 16.4. The molecule has 0 spiro atoms. The lowest BCUT2D eigenvalue weighted by Crippen LogP contribution is -2.48. The average molecular weight is 489 g/mol. The molecule has 2 N–H and O–H groups in total. The van der Waals surface area contributed by atoms with Gasteiger partial charge in [-0.2, -0.15) is 0 Å². The Hall–Kier alpha value is -2.76. The lowest BCUT2D eigenvalue weighted by Gasteiger charge is -2.33. The Kier molecular flexibility index (Phi) is 7.96. The van der Waals surface area contributed by atoms with Crippen molar-refractivity contribution >= 4 is 27.5 Å². The smallest absolute Gasteiger partial charge is 0.262 e. The maximum absolute atomic E-state index is 12.8. The van der Waals surface area contributed by atoms with E-state index in [1.807, 2.05) is 13.0 Å². The van der Waals surface area contributed by atoms with Gasteiger partial charge in [0.25, 0.3) is 10.0 Å². The van der Waals surface area contributed by atoms with Crippen LogP contribution in [0.25, 0.3) is 0 Å². The summed E-state index contributed by atoms with van der Waals surface area (Å²) in [5.74, 6) is 1.14. The van der Waals surface area contributed by atoms with Gasteiger partial charge in [-0.05, 0) is 38.0 Å². The van der Waals surface area contributed by atoms with Crippen LogP contribution >= 0.6 is 0 Å². The highest BCUT2D eigenvalue weighted by molar-refractivity contribution is 7.90. The number of nitrogens with one attached hydrogen (secondary N) is 2. The van der Waals surface area contributed by atoms with Crippen molar-refractivity contribution in [1.29, 1.82) is 0 Å². The summed E-state index contributed by atoms with van der Waals surface area (Å²) in [4.78, 5) is 21.4. The fraction of sp³-hybridized carbons (Fsp3) is 0.522. The molecular weight excluding hydrogens is 456 g/mol. The van der Waals surface area contributed by atoms with Crippen LogP contribution in [0.2, 0.25) is 0 Å². The Labute approximate surface area is 200 Å². The zero-order chi connectivity index (χ0) is 24.0. The molecule has 2 aliphatic rings. The zero-order valence-corrected chi connectivity index (χ0v) is 20.3. The second-order valence-electron chi connectivity index (χ2n) is 8.80. The minimum Gasteiger partial charge on any atom is -0.361 e. The van der Waals surface area contributed by atoms with Crippen LogP contribution in [0.5, 0.6) is 0 Å². The fourth-order valence-electron chi connectivity index (χ4n) is 4.14. The van der Waals surface area contributed by atoms with Crippen LogP contribution in [0.15, 0.2) is 44.7 Å². The summed E-state index contributed by atoms with van der Waals surface area (Å²) in [6.45, 7) is 6.71. The molecule has 0 saturated carbocycles. The summed E-state index contributed by atoms with van der Waals surface area (Å²) < 4.78 is 33.3. The quantitative estimate of drug-likeness (QED) is 0.611. The van der Waals surface area contributed by atoms with E-state index < -0.39 is 10.0 Å². The molecule has 0 aliphatic carbocycles. The Balaban J connectivity index is 1.27. The molecule has 1 aromatic heterocycles. The number of hydrogen-bond acceptors (Lipinski definition) is 8. The van der Waals surface area contributed by atoms with Crippen LogP contribution in [-0.2, 0) is 21.4 Å². The highest BCUT2D eigenvalue weighted by Crippen LogP contribution is 2.17. The van der Waals surface area contributed by atoms with Crippen LogP contribution in [0.4, 0.5) is 5.69 Å². The van der Waals surface area contributed by atoms with E-state index in [1.54, 1.807) is 12.1 Å². The van der Waals surface area contributed by atoms with Crippen molar-refractivity contribution in [3.8, 4) is 0 Å². The van der Waals surface area contributed by atoms with Crippen LogP contribution in [-0.4, -0.2) is 74.4 Å². The molecule has 0 bridgehead atoms. The van der Waals surface area contributed by atoms with E-state index in [-0.39, 0.29) is 17.3 Å². The number of piperazine rings is 1. The van der Waals surface area contributed by atoms with E-state index in [9.17, 15) is 13.2 Å². The van der Waals surface area contributed by atoms with Crippen molar-refractivity contribution in [2.24, 2.45) is 4.99 Å². The van der Waals surface area contributed by atoms with Crippen LogP contribution < -0.4 is 10.0 Å². The number of amidine groups is 1. The number of amides is 1. The van der Waals surface area contributed by atoms with Crippen LogP contribution in [0, 0.1) is 6.92 Å². The van der Waals surface area contributed by atoms with Crippen molar-refractivity contribution < 1.29 is 17.7 Å². The summed E-state index contributed by atoms with van der Waals surface area (Å²) >= 11 is 0. The van der Waals surface area contributed by atoms with Gasteiger partial charge in [-0.1, -0.05) is 17.6 Å². The topological polar surface area (TPSA) is 120 Å². The molecule has 1 fully saturated rings. The number of aliphatic imine (C=N–C) groups is 1. The first kappa shape index (κ1) is 24.4. The van der Waals surface area contributed by atoms with E-state index in [2.05, 4.69) is 30.0 Å². The summed E-state index contributed by atoms with van der Waals surface area (Å²) in [5, 5.41) is 6.87. The predicted octanol–water partition coefficient (Wildman–Crippen LogP) is 1.99. The summed E-state index contributed by atoms with van der Waals surface area (Å²) in [6, 6.07) is 8.26. The van der Waals surface area contributed by atoms with Crippen molar-refractivity contribution in [2.75, 3.05) is 44.6 Å². The molecule has 1 amide bonds. The predicted molar refractivity (Wildman–Crippen MR) is 129 cm³/mol. The van der Waals surface area contributed by atoms with Gasteiger partial charge in [0.15, 0.2) is 0 Å². The molecule has 4 rings (SSSR count). The number of anilines is 1. The van der Waals surface area contributed by atoms with Gasteiger partial charge in [0.1, 0.15) is 11.6 Å². The molecule has 1 saturated heterocycles. The lowest BCUT2D eigenvalue weighted by atomic mass is 10.2.